The number of rotatable bonds is 5. The number of carbonyl (C=O) groups excluding carboxylic acids is 1. The van der Waals surface area contributed by atoms with Gasteiger partial charge in [-0.2, -0.15) is 0 Å². The van der Waals surface area contributed by atoms with Gasteiger partial charge in [-0.25, -0.2) is 0 Å². The minimum absolute atomic E-state index is 0.251. The van der Waals surface area contributed by atoms with Gasteiger partial charge >= 0.3 is 0 Å². The lowest BCUT2D eigenvalue weighted by atomic mass is 10.2. The van der Waals surface area contributed by atoms with Gasteiger partial charge in [-0.3, -0.25) is 4.79 Å². The van der Waals surface area contributed by atoms with Gasteiger partial charge in [0, 0.05) is 20.0 Å². The van der Waals surface area contributed by atoms with Gasteiger partial charge < -0.3 is 4.90 Å². The zero-order valence-corrected chi connectivity index (χ0v) is 7.89. The molecule has 0 unspecified atom stereocenters. The van der Waals surface area contributed by atoms with Gasteiger partial charge in [-0.05, 0) is 6.42 Å². The van der Waals surface area contributed by atoms with Crippen LogP contribution in [0.3, 0.4) is 0 Å². The topological polar surface area (TPSA) is 20.3 Å². The monoisotopic (exact) mass is 157 g/mol. The van der Waals surface area contributed by atoms with Crippen molar-refractivity contribution >= 4 is 5.91 Å². The molecule has 0 N–H and O–H groups in total. The highest BCUT2D eigenvalue weighted by molar-refractivity contribution is 5.75. The minimum atomic E-state index is 0.251. The molecule has 11 heavy (non-hydrogen) atoms. The molecule has 0 aromatic carbocycles. The van der Waals surface area contributed by atoms with Crippen LogP contribution in [0.5, 0.6) is 0 Å². The molecule has 0 atom stereocenters. The van der Waals surface area contributed by atoms with Crippen LogP contribution in [0.15, 0.2) is 0 Å². The molecule has 0 fully saturated rings. The predicted molar refractivity (Wildman–Crippen MR) is 47.5 cm³/mol. The summed E-state index contributed by atoms with van der Waals surface area (Å²) in [5.41, 5.74) is 0. The zero-order valence-electron chi connectivity index (χ0n) is 7.89. The average Bonchev–Trinajstić information content (AvgIpc) is 2.03. The maximum absolute atomic E-state index is 11.0. The van der Waals surface area contributed by atoms with E-state index in [1.165, 1.54) is 12.8 Å². The van der Waals surface area contributed by atoms with Crippen molar-refractivity contribution in [3.63, 3.8) is 0 Å². The van der Waals surface area contributed by atoms with Crippen molar-refractivity contribution in [3.05, 3.63) is 0 Å². The number of hydrogen-bond acceptors (Lipinski definition) is 1. The van der Waals surface area contributed by atoms with Crippen molar-refractivity contribution in [2.75, 3.05) is 13.6 Å². The molecule has 0 saturated heterocycles. The Balaban J connectivity index is 3.36. The van der Waals surface area contributed by atoms with E-state index >= 15 is 0 Å². The Kier molecular flexibility index (Phi) is 5.90. The second kappa shape index (κ2) is 6.20. The first-order valence-electron chi connectivity index (χ1n) is 4.46. The molecule has 0 aliphatic carbocycles. The Morgan fingerprint density at radius 2 is 1.91 bits per heavy atom. The average molecular weight is 157 g/mol. The second-order valence-corrected chi connectivity index (χ2v) is 2.88. The fraction of sp³-hybridized carbons (Fsp3) is 0.889. The summed E-state index contributed by atoms with van der Waals surface area (Å²) in [5, 5.41) is 0. The van der Waals surface area contributed by atoms with Crippen LogP contribution in [0.2, 0.25) is 0 Å². The van der Waals surface area contributed by atoms with Gasteiger partial charge in [0.1, 0.15) is 0 Å². The summed E-state index contributed by atoms with van der Waals surface area (Å²) < 4.78 is 0. The third-order valence-electron chi connectivity index (χ3n) is 1.83. The number of unbranched alkanes of at least 4 members (excludes halogenated alkanes) is 2. The molecule has 0 saturated carbocycles. The summed E-state index contributed by atoms with van der Waals surface area (Å²) in [5.74, 6) is 0.251. The predicted octanol–water partition coefficient (Wildman–Crippen LogP) is 2.04. The maximum Gasteiger partial charge on any atom is 0.222 e. The lowest BCUT2D eigenvalue weighted by molar-refractivity contribution is -0.129. The van der Waals surface area contributed by atoms with E-state index in [9.17, 15) is 4.79 Å². The number of hydrogen-bond donors (Lipinski definition) is 0. The first-order chi connectivity index (χ1) is 5.22. The standard InChI is InChI=1S/C9H19NO/c1-4-6-7-8-10(3)9(11)5-2/h4-8H2,1-3H3. The van der Waals surface area contributed by atoms with Crippen LogP contribution in [0.25, 0.3) is 0 Å². The van der Waals surface area contributed by atoms with Crippen molar-refractivity contribution in [1.29, 1.82) is 0 Å². The Morgan fingerprint density at radius 1 is 1.27 bits per heavy atom. The molecule has 66 valence electrons. The zero-order chi connectivity index (χ0) is 8.69. The van der Waals surface area contributed by atoms with E-state index in [1.54, 1.807) is 0 Å². The highest BCUT2D eigenvalue weighted by atomic mass is 16.2. The van der Waals surface area contributed by atoms with Gasteiger partial charge in [0.05, 0.1) is 0 Å². The summed E-state index contributed by atoms with van der Waals surface area (Å²) in [6.07, 6.45) is 4.21. The van der Waals surface area contributed by atoms with Gasteiger partial charge in [-0.15, -0.1) is 0 Å². The molecule has 0 radical (unpaired) electrons. The Bertz CT molecular complexity index is 112. The molecule has 2 heteroatoms. The summed E-state index contributed by atoms with van der Waals surface area (Å²) in [7, 11) is 1.88. The van der Waals surface area contributed by atoms with Crippen molar-refractivity contribution < 1.29 is 4.79 Å². The first kappa shape index (κ1) is 10.5. The van der Waals surface area contributed by atoms with Crippen molar-refractivity contribution in [1.82, 2.24) is 4.90 Å². The second-order valence-electron chi connectivity index (χ2n) is 2.88. The van der Waals surface area contributed by atoms with Gasteiger partial charge in [0.2, 0.25) is 5.91 Å². The molecule has 0 aliphatic heterocycles. The molecule has 2 nitrogen and oxygen atoms in total. The van der Waals surface area contributed by atoms with Crippen LogP contribution in [0, 0.1) is 0 Å². The maximum atomic E-state index is 11.0. The lowest BCUT2D eigenvalue weighted by Crippen LogP contribution is -2.26. The highest BCUT2D eigenvalue weighted by Gasteiger charge is 2.03. The Labute approximate surface area is 69.6 Å². The van der Waals surface area contributed by atoms with Crippen LogP contribution in [-0.2, 0) is 4.79 Å². The summed E-state index contributed by atoms with van der Waals surface area (Å²) in [6, 6.07) is 0. The van der Waals surface area contributed by atoms with E-state index in [2.05, 4.69) is 6.92 Å². The quantitative estimate of drug-likeness (QED) is 0.559. The SMILES string of the molecule is CCCCCN(C)C(=O)CC. The molecule has 0 aromatic heterocycles. The van der Waals surface area contributed by atoms with E-state index in [0.29, 0.717) is 6.42 Å². The largest absolute Gasteiger partial charge is 0.346 e. The lowest BCUT2D eigenvalue weighted by Gasteiger charge is -2.15. The third kappa shape index (κ3) is 4.82. The Hall–Kier alpha value is -0.530. The van der Waals surface area contributed by atoms with Crippen LogP contribution >= 0.6 is 0 Å². The molecule has 1 amide bonds. The fourth-order valence-electron chi connectivity index (χ4n) is 0.994. The number of amides is 1. The van der Waals surface area contributed by atoms with Crippen LogP contribution in [-0.4, -0.2) is 24.4 Å². The summed E-state index contributed by atoms with van der Waals surface area (Å²) in [4.78, 5) is 12.8. The van der Waals surface area contributed by atoms with E-state index in [4.69, 9.17) is 0 Å². The summed E-state index contributed by atoms with van der Waals surface area (Å²) in [6.45, 7) is 4.99. The van der Waals surface area contributed by atoms with Crippen LogP contribution < -0.4 is 0 Å². The molecule has 0 aliphatic rings. The molecule has 0 heterocycles. The molecule has 0 bridgehead atoms. The van der Waals surface area contributed by atoms with E-state index in [-0.39, 0.29) is 5.91 Å². The van der Waals surface area contributed by atoms with E-state index in [0.717, 1.165) is 13.0 Å². The fourth-order valence-corrected chi connectivity index (χ4v) is 0.994. The number of carbonyl (C=O) groups is 1. The van der Waals surface area contributed by atoms with Crippen LogP contribution in [0.4, 0.5) is 0 Å². The molecular weight excluding hydrogens is 138 g/mol. The van der Waals surface area contributed by atoms with E-state index < -0.39 is 0 Å². The van der Waals surface area contributed by atoms with Gasteiger partial charge in [0.25, 0.3) is 0 Å². The normalized spacial score (nSPS) is 9.73. The molecule has 0 rings (SSSR count). The number of nitrogens with zero attached hydrogens (tertiary/aromatic N) is 1. The van der Waals surface area contributed by atoms with Crippen LogP contribution in [0.1, 0.15) is 39.5 Å². The Morgan fingerprint density at radius 3 is 2.36 bits per heavy atom. The molecule has 0 spiro atoms. The van der Waals surface area contributed by atoms with E-state index in [1.807, 2.05) is 18.9 Å². The van der Waals surface area contributed by atoms with Crippen molar-refractivity contribution in [2.24, 2.45) is 0 Å². The highest BCUT2D eigenvalue weighted by Crippen LogP contribution is 1.97. The minimum Gasteiger partial charge on any atom is -0.346 e. The van der Waals surface area contributed by atoms with Gasteiger partial charge in [-0.1, -0.05) is 26.7 Å². The molecular formula is C9H19NO. The van der Waals surface area contributed by atoms with Crippen molar-refractivity contribution in [2.45, 2.75) is 39.5 Å². The molecule has 0 aromatic rings. The smallest absolute Gasteiger partial charge is 0.222 e. The first-order valence-corrected chi connectivity index (χ1v) is 4.46. The third-order valence-corrected chi connectivity index (χ3v) is 1.83. The summed E-state index contributed by atoms with van der Waals surface area (Å²) >= 11 is 0. The van der Waals surface area contributed by atoms with Crippen molar-refractivity contribution in [3.8, 4) is 0 Å². The van der Waals surface area contributed by atoms with Gasteiger partial charge in [0.15, 0.2) is 0 Å².